The van der Waals surface area contributed by atoms with Gasteiger partial charge in [-0.15, -0.1) is 0 Å². The van der Waals surface area contributed by atoms with Crippen LogP contribution in [0.3, 0.4) is 0 Å². The third-order valence-corrected chi connectivity index (χ3v) is 9.70. The first-order valence-corrected chi connectivity index (χ1v) is 19.0. The van der Waals surface area contributed by atoms with Crippen LogP contribution in [0.2, 0.25) is 0 Å². The number of carbonyl (C=O) groups is 1. The highest BCUT2D eigenvalue weighted by molar-refractivity contribution is 5.98. The van der Waals surface area contributed by atoms with Crippen molar-refractivity contribution >= 4 is 50.4 Å². The molecule has 0 amide bonds. The van der Waals surface area contributed by atoms with Gasteiger partial charge in [0.1, 0.15) is 11.4 Å². The molecule has 7 N–H and O–H groups in total. The number of aldehydes is 1. The fraction of sp³-hybridized carbons (Fsp3) is 0.128. The zero-order valence-corrected chi connectivity index (χ0v) is 34.0. The Hall–Kier alpha value is -7.81. The van der Waals surface area contributed by atoms with Crippen LogP contribution in [-0.4, -0.2) is 73.7 Å². The van der Waals surface area contributed by atoms with Crippen LogP contribution in [0.4, 0.5) is 11.4 Å². The van der Waals surface area contributed by atoms with E-state index in [9.17, 15) is 4.79 Å². The first kappa shape index (κ1) is 41.4. The molecular formula is C47H45N7O7. The quantitative estimate of drug-likeness (QED) is 0.0447. The van der Waals surface area contributed by atoms with Crippen molar-refractivity contribution in [2.24, 2.45) is 0 Å². The Morgan fingerprint density at radius 3 is 1.69 bits per heavy atom. The number of nitrogen functional groups attached to an aromatic ring is 2. The summed E-state index contributed by atoms with van der Waals surface area (Å²) in [5.74, 6) is 2.54. The molecule has 0 saturated carbocycles. The molecule has 0 fully saturated rings. The van der Waals surface area contributed by atoms with Gasteiger partial charge in [-0.3, -0.25) is 15.0 Å². The molecule has 0 aliphatic heterocycles. The highest BCUT2D eigenvalue weighted by atomic mass is 16.7. The van der Waals surface area contributed by atoms with E-state index in [1.54, 1.807) is 40.6 Å². The van der Waals surface area contributed by atoms with Crippen molar-refractivity contribution in [2.75, 3.05) is 53.5 Å². The Kier molecular flexibility index (Phi) is 13.1. The van der Waals surface area contributed by atoms with Crippen LogP contribution in [-0.2, 0) is 9.47 Å². The van der Waals surface area contributed by atoms with Crippen LogP contribution in [0.5, 0.6) is 23.0 Å². The van der Waals surface area contributed by atoms with E-state index in [1.165, 1.54) is 5.39 Å². The van der Waals surface area contributed by atoms with Crippen LogP contribution >= 0.6 is 0 Å². The van der Waals surface area contributed by atoms with Crippen molar-refractivity contribution in [3.05, 3.63) is 133 Å². The molecule has 9 rings (SSSR count). The van der Waals surface area contributed by atoms with E-state index in [0.717, 1.165) is 67.3 Å². The number of methoxy groups -OCH3 is 4. The van der Waals surface area contributed by atoms with Crippen LogP contribution < -0.4 is 30.4 Å². The lowest BCUT2D eigenvalue weighted by molar-refractivity contribution is 0.0490. The van der Waals surface area contributed by atoms with E-state index in [1.807, 2.05) is 78.9 Å². The van der Waals surface area contributed by atoms with Gasteiger partial charge in [-0.1, -0.05) is 54.6 Å². The molecule has 0 aliphatic carbocycles. The molecule has 61 heavy (non-hydrogen) atoms. The summed E-state index contributed by atoms with van der Waals surface area (Å²) in [5.41, 5.74) is 21.3. The SMILES string of the molecule is COCOc1ccc(-c2ccc3c(-c4cc5ccccc5[nH]4)n[nH]c3c2)cc1OC.COCOc1ccc(-c2ccc3c(C=O)[nH]nc3c2)cc1OC.Nc1ccccc1N. The lowest BCUT2D eigenvalue weighted by Crippen LogP contribution is -2.00. The van der Waals surface area contributed by atoms with Gasteiger partial charge < -0.3 is 44.9 Å². The molecule has 0 saturated heterocycles. The molecule has 0 unspecified atom stereocenters. The predicted molar refractivity (Wildman–Crippen MR) is 239 cm³/mol. The number of carbonyl (C=O) groups excluding carboxylic acids is 1. The fourth-order valence-electron chi connectivity index (χ4n) is 6.60. The number of fused-ring (bicyclic) bond motifs is 3. The molecule has 3 aromatic heterocycles. The summed E-state index contributed by atoms with van der Waals surface area (Å²) in [6, 6.07) is 41.1. The van der Waals surface area contributed by atoms with Crippen molar-refractivity contribution in [1.82, 2.24) is 25.4 Å². The topological polar surface area (TPSA) is 198 Å². The maximum Gasteiger partial charge on any atom is 0.188 e. The standard InChI is InChI=1S/C24H21N3O3.C17H16N2O4.C6H8N2/c1-28-14-30-22-10-8-16(13-23(22)29-2)15-7-9-18-20(11-15)26-27-24(18)21-12-17-5-3-4-6-19(17)25-21;1-21-10-23-16-6-4-12(8-17(16)22-2)11-3-5-13-14(7-11)18-19-15(13)9-20;7-5-3-1-2-4-6(5)8/h3-13,25H,14H2,1-2H3,(H,26,27);3-9H,10H2,1-2H3,(H,18,19);1-4H,7-8H2. The number of para-hydroxylation sites is 3. The third-order valence-electron chi connectivity index (χ3n) is 9.70. The van der Waals surface area contributed by atoms with E-state index < -0.39 is 0 Å². The van der Waals surface area contributed by atoms with Gasteiger partial charge in [0, 0.05) is 35.9 Å². The van der Waals surface area contributed by atoms with Gasteiger partial charge >= 0.3 is 0 Å². The van der Waals surface area contributed by atoms with Crippen molar-refractivity contribution in [2.45, 2.75) is 0 Å². The molecule has 6 aromatic carbocycles. The van der Waals surface area contributed by atoms with E-state index in [2.05, 4.69) is 61.8 Å². The second-order valence-corrected chi connectivity index (χ2v) is 13.6. The summed E-state index contributed by atoms with van der Waals surface area (Å²) in [5, 5.41) is 17.6. The van der Waals surface area contributed by atoms with Gasteiger partial charge in [-0.2, -0.15) is 10.2 Å². The molecular weight excluding hydrogens is 775 g/mol. The number of benzene rings is 6. The van der Waals surface area contributed by atoms with Gasteiger partial charge in [0.15, 0.2) is 42.9 Å². The average molecular weight is 820 g/mol. The van der Waals surface area contributed by atoms with Gasteiger partial charge in [0.2, 0.25) is 0 Å². The monoisotopic (exact) mass is 819 g/mol. The Balaban J connectivity index is 0.000000160. The molecule has 14 nitrogen and oxygen atoms in total. The zero-order chi connectivity index (χ0) is 42.7. The minimum Gasteiger partial charge on any atom is -0.493 e. The van der Waals surface area contributed by atoms with Crippen molar-refractivity contribution in [1.29, 1.82) is 0 Å². The van der Waals surface area contributed by atoms with E-state index >= 15 is 0 Å². The van der Waals surface area contributed by atoms with E-state index in [-0.39, 0.29) is 13.6 Å². The van der Waals surface area contributed by atoms with Gasteiger partial charge in [-0.05, 0) is 95.1 Å². The van der Waals surface area contributed by atoms with E-state index in [4.69, 9.17) is 39.9 Å². The number of nitrogens with two attached hydrogens (primary N) is 2. The first-order chi connectivity index (χ1) is 29.8. The summed E-state index contributed by atoms with van der Waals surface area (Å²) >= 11 is 0. The largest absolute Gasteiger partial charge is 0.493 e. The second-order valence-electron chi connectivity index (χ2n) is 13.6. The molecule has 9 aromatic rings. The van der Waals surface area contributed by atoms with Crippen LogP contribution in [0, 0.1) is 0 Å². The number of anilines is 2. The van der Waals surface area contributed by atoms with Gasteiger partial charge in [0.25, 0.3) is 0 Å². The van der Waals surface area contributed by atoms with Gasteiger partial charge in [0.05, 0.1) is 42.3 Å². The number of hydrogen-bond donors (Lipinski definition) is 5. The summed E-state index contributed by atoms with van der Waals surface area (Å²) in [7, 11) is 6.37. The van der Waals surface area contributed by atoms with Crippen molar-refractivity contribution < 1.29 is 33.2 Å². The minimum atomic E-state index is 0.156. The Morgan fingerprint density at radius 2 is 1.11 bits per heavy atom. The number of nitrogens with one attached hydrogen (secondary N) is 3. The Bertz CT molecular complexity index is 2850. The number of aromatic nitrogens is 5. The molecule has 14 heteroatoms. The number of hydrogen-bond acceptors (Lipinski definition) is 11. The Labute approximate surface area is 351 Å². The second kappa shape index (κ2) is 19.3. The molecule has 0 radical (unpaired) electrons. The molecule has 0 atom stereocenters. The van der Waals surface area contributed by atoms with Crippen molar-refractivity contribution in [3.8, 4) is 56.6 Å². The Morgan fingerprint density at radius 1 is 0.557 bits per heavy atom. The maximum absolute atomic E-state index is 10.9. The number of aromatic amines is 3. The molecule has 3 heterocycles. The van der Waals surface area contributed by atoms with E-state index in [0.29, 0.717) is 40.1 Å². The average Bonchev–Trinajstić information content (AvgIpc) is 4.05. The maximum atomic E-state index is 10.9. The zero-order valence-electron chi connectivity index (χ0n) is 34.0. The fourth-order valence-corrected chi connectivity index (χ4v) is 6.60. The molecule has 0 spiro atoms. The van der Waals surface area contributed by atoms with Crippen LogP contribution in [0.25, 0.3) is 66.4 Å². The number of nitrogens with zero attached hydrogens (tertiary/aromatic N) is 2. The van der Waals surface area contributed by atoms with Crippen LogP contribution in [0.1, 0.15) is 10.5 Å². The number of H-pyrrole nitrogens is 3. The number of rotatable bonds is 12. The molecule has 310 valence electrons. The molecule has 0 bridgehead atoms. The lowest BCUT2D eigenvalue weighted by atomic mass is 10.0. The minimum absolute atomic E-state index is 0.156. The lowest BCUT2D eigenvalue weighted by Gasteiger charge is -2.11. The summed E-state index contributed by atoms with van der Waals surface area (Å²) in [6.07, 6.45) is 0.764. The highest BCUT2D eigenvalue weighted by Crippen LogP contribution is 2.36. The normalized spacial score (nSPS) is 10.8. The highest BCUT2D eigenvalue weighted by Gasteiger charge is 2.14. The van der Waals surface area contributed by atoms with Crippen molar-refractivity contribution in [3.63, 3.8) is 0 Å². The summed E-state index contributed by atoms with van der Waals surface area (Å²) < 4.78 is 31.7. The van der Waals surface area contributed by atoms with Crippen LogP contribution in [0.15, 0.2) is 127 Å². The summed E-state index contributed by atoms with van der Waals surface area (Å²) in [6.45, 7) is 0.329. The first-order valence-electron chi connectivity index (χ1n) is 19.0. The third kappa shape index (κ3) is 9.41. The predicted octanol–water partition coefficient (Wildman–Crippen LogP) is 9.25. The summed E-state index contributed by atoms with van der Waals surface area (Å²) in [4.78, 5) is 14.4. The smallest absolute Gasteiger partial charge is 0.188 e. The number of ether oxygens (including phenoxy) is 6. The van der Waals surface area contributed by atoms with Gasteiger partial charge in [-0.25, -0.2) is 0 Å². The molecule has 0 aliphatic rings.